The van der Waals surface area contributed by atoms with Crippen molar-refractivity contribution in [3.8, 4) is 5.75 Å². The fourth-order valence-electron chi connectivity index (χ4n) is 3.76. The molecule has 0 bridgehead atoms. The number of aromatic nitrogens is 1. The Morgan fingerprint density at radius 3 is 2.23 bits per heavy atom. The minimum absolute atomic E-state index is 0.0868. The summed E-state index contributed by atoms with van der Waals surface area (Å²) >= 11 is 12.4. The quantitative estimate of drug-likeness (QED) is 0.289. The SMILES string of the molecule is COc1c(Cl)cc(/C(O)=C2\C(=O)C(=O)N(c3ccc(S(N)(=O)=O)cc3)C2c2ccccn2)cc1Cl. The fraction of sp³-hybridized carbons (Fsp3) is 0.0870. The van der Waals surface area contributed by atoms with Crippen LogP contribution in [-0.4, -0.2) is 37.3 Å². The van der Waals surface area contributed by atoms with E-state index < -0.39 is 33.5 Å². The smallest absolute Gasteiger partial charge is 0.300 e. The monoisotopic (exact) mass is 533 g/mol. The van der Waals surface area contributed by atoms with Gasteiger partial charge in [0.15, 0.2) is 5.75 Å². The second-order valence-corrected chi connectivity index (χ2v) is 9.81. The van der Waals surface area contributed by atoms with Gasteiger partial charge in [0.1, 0.15) is 11.8 Å². The Balaban J connectivity index is 1.93. The number of benzene rings is 2. The normalized spacial score (nSPS) is 17.6. The number of rotatable bonds is 5. The molecule has 1 aliphatic heterocycles. The number of ketones is 1. The third-order valence-corrected chi connectivity index (χ3v) is 6.82. The van der Waals surface area contributed by atoms with Gasteiger partial charge in [-0.05, 0) is 48.5 Å². The number of hydrogen-bond acceptors (Lipinski definition) is 7. The average molecular weight is 534 g/mol. The van der Waals surface area contributed by atoms with Crippen LogP contribution < -0.4 is 14.8 Å². The molecule has 1 unspecified atom stereocenters. The highest BCUT2D eigenvalue weighted by atomic mass is 35.5. The van der Waals surface area contributed by atoms with Crippen molar-refractivity contribution in [1.29, 1.82) is 0 Å². The van der Waals surface area contributed by atoms with Gasteiger partial charge in [-0.3, -0.25) is 19.5 Å². The zero-order valence-electron chi connectivity index (χ0n) is 18.0. The number of Topliss-reactive ketones (excluding diaryl/α,β-unsaturated/α-hetero) is 1. The van der Waals surface area contributed by atoms with E-state index in [4.69, 9.17) is 33.1 Å². The van der Waals surface area contributed by atoms with Gasteiger partial charge in [-0.1, -0.05) is 29.3 Å². The Morgan fingerprint density at radius 2 is 1.71 bits per heavy atom. The zero-order valence-corrected chi connectivity index (χ0v) is 20.3. The number of sulfonamides is 1. The van der Waals surface area contributed by atoms with Crippen LogP contribution >= 0.6 is 23.2 Å². The minimum atomic E-state index is -3.97. The molecule has 35 heavy (non-hydrogen) atoms. The van der Waals surface area contributed by atoms with Crippen LogP contribution in [0.1, 0.15) is 17.3 Å². The lowest BCUT2D eigenvalue weighted by Gasteiger charge is -2.24. The number of primary sulfonamides is 1. The van der Waals surface area contributed by atoms with Gasteiger partial charge >= 0.3 is 0 Å². The molecule has 0 saturated carbocycles. The van der Waals surface area contributed by atoms with Crippen molar-refractivity contribution in [3.05, 3.63) is 87.7 Å². The maximum Gasteiger partial charge on any atom is 0.300 e. The summed E-state index contributed by atoms with van der Waals surface area (Å²) in [5.41, 5.74) is 0.320. The first-order valence-electron chi connectivity index (χ1n) is 9.92. The van der Waals surface area contributed by atoms with E-state index in [1.165, 1.54) is 49.7 Å². The number of hydrogen-bond donors (Lipinski definition) is 2. The van der Waals surface area contributed by atoms with E-state index in [2.05, 4.69) is 4.98 Å². The second-order valence-electron chi connectivity index (χ2n) is 7.44. The van der Waals surface area contributed by atoms with E-state index in [9.17, 15) is 23.1 Å². The Hall–Kier alpha value is -3.44. The summed E-state index contributed by atoms with van der Waals surface area (Å²) in [4.78, 5) is 31.5. The van der Waals surface area contributed by atoms with E-state index in [-0.39, 0.29) is 43.2 Å². The Bertz CT molecular complexity index is 1450. The average Bonchev–Trinajstić information content (AvgIpc) is 3.09. The Morgan fingerprint density at radius 1 is 1.09 bits per heavy atom. The van der Waals surface area contributed by atoms with Crippen molar-refractivity contribution < 1.29 is 27.9 Å². The standard InChI is InChI=1S/C23H17Cl2N3O6S/c1-34-22-15(24)10-12(11-16(22)25)20(29)18-19(17-4-2-3-9-27-17)28(23(31)21(18)30)13-5-7-14(8-6-13)35(26,32)33/h2-11,19,29H,1H3,(H2,26,32,33)/b20-18+. The number of halogens is 2. The van der Waals surface area contributed by atoms with Gasteiger partial charge in [-0.15, -0.1) is 0 Å². The lowest BCUT2D eigenvalue weighted by molar-refractivity contribution is -0.132. The molecule has 3 aromatic rings. The first-order valence-corrected chi connectivity index (χ1v) is 12.2. The highest BCUT2D eigenvalue weighted by molar-refractivity contribution is 7.89. The van der Waals surface area contributed by atoms with Gasteiger partial charge in [0, 0.05) is 17.4 Å². The van der Waals surface area contributed by atoms with Crippen molar-refractivity contribution in [2.75, 3.05) is 12.0 Å². The summed E-state index contributed by atoms with van der Waals surface area (Å²) in [7, 11) is -2.60. The van der Waals surface area contributed by atoms with Gasteiger partial charge in [0.2, 0.25) is 10.0 Å². The van der Waals surface area contributed by atoms with Crippen molar-refractivity contribution in [1.82, 2.24) is 4.98 Å². The molecular weight excluding hydrogens is 517 g/mol. The molecule has 3 N–H and O–H groups in total. The number of carbonyl (C=O) groups excluding carboxylic acids is 2. The largest absolute Gasteiger partial charge is 0.507 e. The van der Waals surface area contributed by atoms with Gasteiger partial charge in [0.25, 0.3) is 11.7 Å². The third-order valence-electron chi connectivity index (χ3n) is 5.33. The molecule has 0 radical (unpaired) electrons. The van der Waals surface area contributed by atoms with E-state index in [0.29, 0.717) is 0 Å². The second kappa shape index (κ2) is 9.31. The number of anilines is 1. The zero-order chi connectivity index (χ0) is 25.5. The lowest BCUT2D eigenvalue weighted by Crippen LogP contribution is -2.29. The van der Waals surface area contributed by atoms with Crippen LogP contribution in [0, 0.1) is 0 Å². The van der Waals surface area contributed by atoms with Gasteiger partial charge in [0.05, 0.1) is 33.3 Å². The van der Waals surface area contributed by atoms with E-state index in [1.54, 1.807) is 18.2 Å². The summed E-state index contributed by atoms with van der Waals surface area (Å²) in [6.07, 6.45) is 1.47. The van der Waals surface area contributed by atoms with Crippen molar-refractivity contribution in [2.24, 2.45) is 5.14 Å². The van der Waals surface area contributed by atoms with Gasteiger partial charge in [-0.25, -0.2) is 13.6 Å². The molecule has 1 saturated heterocycles. The number of aliphatic hydroxyl groups excluding tert-OH is 1. The highest BCUT2D eigenvalue weighted by Crippen LogP contribution is 2.43. The van der Waals surface area contributed by atoms with Crippen LogP contribution in [0.2, 0.25) is 10.0 Å². The van der Waals surface area contributed by atoms with Crippen LogP contribution in [0.25, 0.3) is 5.76 Å². The Kier molecular flexibility index (Phi) is 6.56. The number of nitrogens with zero attached hydrogens (tertiary/aromatic N) is 2. The molecule has 1 amide bonds. The topological polar surface area (TPSA) is 140 Å². The van der Waals surface area contributed by atoms with Crippen LogP contribution in [0.4, 0.5) is 5.69 Å². The van der Waals surface area contributed by atoms with Crippen molar-refractivity contribution >= 4 is 56.4 Å². The molecule has 0 spiro atoms. The molecule has 1 atom stereocenters. The number of ether oxygens (including phenoxy) is 1. The van der Waals surface area contributed by atoms with E-state index in [0.717, 1.165) is 4.90 Å². The number of pyridine rings is 1. The first kappa shape index (κ1) is 24.7. The molecule has 9 nitrogen and oxygen atoms in total. The predicted molar refractivity (Wildman–Crippen MR) is 130 cm³/mol. The van der Waals surface area contributed by atoms with Gasteiger partial charge in [-0.2, -0.15) is 0 Å². The molecular formula is C23H17Cl2N3O6S. The summed E-state index contributed by atoms with van der Waals surface area (Å²) in [6, 6.07) is 11.6. The maximum absolute atomic E-state index is 13.2. The molecule has 4 rings (SSSR count). The third kappa shape index (κ3) is 4.48. The fourth-order valence-corrected chi connectivity index (χ4v) is 4.92. The summed E-state index contributed by atoms with van der Waals surface area (Å²) < 4.78 is 28.4. The first-order chi connectivity index (χ1) is 16.5. The molecule has 1 fully saturated rings. The number of methoxy groups -OCH3 is 1. The minimum Gasteiger partial charge on any atom is -0.507 e. The number of carbonyl (C=O) groups is 2. The molecule has 2 aromatic carbocycles. The Labute approximate surface area is 210 Å². The number of aliphatic hydroxyl groups is 1. The molecule has 12 heteroatoms. The molecule has 180 valence electrons. The van der Waals surface area contributed by atoms with Crippen molar-refractivity contribution in [2.45, 2.75) is 10.9 Å². The van der Waals surface area contributed by atoms with Crippen LogP contribution in [-0.2, 0) is 19.6 Å². The molecule has 1 aliphatic rings. The van der Waals surface area contributed by atoms with Gasteiger partial charge < -0.3 is 9.84 Å². The van der Waals surface area contributed by atoms with Crippen molar-refractivity contribution in [3.63, 3.8) is 0 Å². The predicted octanol–water partition coefficient (Wildman–Crippen LogP) is 3.67. The number of nitrogens with two attached hydrogens (primary N) is 1. The maximum atomic E-state index is 13.2. The molecule has 0 aliphatic carbocycles. The van der Waals surface area contributed by atoms with Crippen LogP contribution in [0.5, 0.6) is 5.75 Å². The summed E-state index contributed by atoms with van der Waals surface area (Å²) in [5, 5.41) is 16.5. The molecule has 2 heterocycles. The van der Waals surface area contributed by atoms with Crippen LogP contribution in [0.15, 0.2) is 71.3 Å². The summed E-state index contributed by atoms with van der Waals surface area (Å²) in [6.45, 7) is 0. The van der Waals surface area contributed by atoms with E-state index in [1.807, 2.05) is 0 Å². The van der Waals surface area contributed by atoms with Crippen LogP contribution in [0.3, 0.4) is 0 Å². The van der Waals surface area contributed by atoms with E-state index >= 15 is 0 Å². The number of amides is 1. The molecule has 1 aromatic heterocycles. The summed E-state index contributed by atoms with van der Waals surface area (Å²) in [5.74, 6) is -2.26. The lowest BCUT2D eigenvalue weighted by atomic mass is 9.98. The highest BCUT2D eigenvalue weighted by Gasteiger charge is 2.47.